The normalized spacial score (nSPS) is 22.5. The summed E-state index contributed by atoms with van der Waals surface area (Å²) < 4.78 is 13.2. The number of carboxylic acid groups (broad SMARTS) is 6. The molecule has 19 nitrogen and oxygen atoms in total. The third-order valence-corrected chi connectivity index (χ3v) is 21.4. The first-order valence-corrected chi connectivity index (χ1v) is 32.6. The van der Waals surface area contributed by atoms with E-state index in [0.717, 1.165) is 36.0 Å². The molecule has 0 bridgehead atoms. The van der Waals surface area contributed by atoms with Gasteiger partial charge in [0.1, 0.15) is 46.0 Å². The molecule has 3 aromatic rings. The van der Waals surface area contributed by atoms with Crippen molar-refractivity contribution in [1.29, 1.82) is 0 Å². The summed E-state index contributed by atoms with van der Waals surface area (Å²) in [5.41, 5.74) is -0.688. The number of phenols is 5. The van der Waals surface area contributed by atoms with Crippen molar-refractivity contribution in [2.45, 2.75) is 250 Å². The van der Waals surface area contributed by atoms with Gasteiger partial charge in [-0.05, 0) is 208 Å². The molecule has 0 saturated heterocycles. The molecule has 482 valence electrons. The predicted octanol–water partition coefficient (Wildman–Crippen LogP) is 13.0. The first-order valence-electron chi connectivity index (χ1n) is 32.6. The van der Waals surface area contributed by atoms with E-state index in [4.69, 9.17) is 9.47 Å². The maximum atomic E-state index is 13.1. The highest BCUT2D eigenvalue weighted by Gasteiger charge is 2.63. The van der Waals surface area contributed by atoms with Crippen LogP contribution in [0.1, 0.15) is 232 Å². The van der Waals surface area contributed by atoms with Gasteiger partial charge in [-0.3, -0.25) is 28.8 Å². The molecule has 4 unspecified atom stereocenters. The fourth-order valence-corrected chi connectivity index (χ4v) is 14.2. The van der Waals surface area contributed by atoms with E-state index in [0.29, 0.717) is 234 Å². The van der Waals surface area contributed by atoms with E-state index in [1.165, 1.54) is 12.1 Å². The van der Waals surface area contributed by atoms with E-state index in [-0.39, 0.29) is 24.3 Å². The number of unbranched alkanes of at least 4 members (excludes halogenated alkanes) is 9. The summed E-state index contributed by atoms with van der Waals surface area (Å²) in [7, 11) is 0. The van der Waals surface area contributed by atoms with Gasteiger partial charge in [0, 0.05) is 35.6 Å². The molecule has 0 aliphatic heterocycles. The molecular weight excluding hydrogens is 1130 g/mol. The second-order valence-electron chi connectivity index (χ2n) is 27.5. The lowest BCUT2D eigenvalue weighted by molar-refractivity contribution is -0.145. The van der Waals surface area contributed by atoms with E-state index in [1.54, 1.807) is 18.2 Å². The Bertz CT molecular complexity index is 3070. The van der Waals surface area contributed by atoms with Crippen LogP contribution in [0.25, 0.3) is 0 Å². The third-order valence-electron chi connectivity index (χ3n) is 21.4. The van der Waals surface area contributed by atoms with Crippen LogP contribution in [0.15, 0.2) is 30.3 Å². The van der Waals surface area contributed by atoms with Crippen molar-refractivity contribution in [3.63, 3.8) is 0 Å². The van der Waals surface area contributed by atoms with Gasteiger partial charge in [-0.25, -0.2) is 0 Å². The minimum Gasteiger partial charge on any atom is -0.508 e. The molecule has 6 aliphatic carbocycles. The van der Waals surface area contributed by atoms with Gasteiger partial charge in [0.05, 0.1) is 21.7 Å². The zero-order valence-electron chi connectivity index (χ0n) is 50.9. The van der Waals surface area contributed by atoms with Crippen LogP contribution in [-0.2, 0) is 67.3 Å². The number of carbonyl (C=O) groups is 6. The molecule has 6 fully saturated rings. The molecule has 19 heteroatoms. The fraction of sp³-hybridized carbons (Fsp3) is 0.652. The number of aryl methyl sites for hydroxylation is 2. The van der Waals surface area contributed by atoms with Gasteiger partial charge >= 0.3 is 35.8 Å². The van der Waals surface area contributed by atoms with E-state index in [1.807, 2.05) is 0 Å². The molecule has 88 heavy (non-hydrogen) atoms. The lowest BCUT2D eigenvalue weighted by Gasteiger charge is -2.20. The number of hydrogen-bond donors (Lipinski definition) is 11. The van der Waals surface area contributed by atoms with Crippen molar-refractivity contribution in [3.05, 3.63) is 63.7 Å². The molecule has 0 spiro atoms. The smallest absolute Gasteiger partial charge is 0.313 e. The fourth-order valence-electron chi connectivity index (χ4n) is 14.2. The Morgan fingerprint density at radius 2 is 0.716 bits per heavy atom. The predicted molar refractivity (Wildman–Crippen MR) is 322 cm³/mol. The molecule has 9 rings (SSSR count). The second kappa shape index (κ2) is 27.0. The number of hydrogen-bond acceptors (Lipinski definition) is 13. The summed E-state index contributed by atoms with van der Waals surface area (Å²) in [6, 6.07) is 7.90. The molecule has 6 saturated carbocycles. The number of phenolic OH excluding ortho intramolecular Hbond substituents is 5. The lowest BCUT2D eigenvalue weighted by Crippen LogP contribution is -2.23. The molecule has 0 amide bonds. The minimum absolute atomic E-state index is 0.00810. The number of ether oxygens (including phenoxy) is 2. The first-order chi connectivity index (χ1) is 41.9. The monoisotopic (exact) mass is 1220 g/mol. The van der Waals surface area contributed by atoms with Gasteiger partial charge < -0.3 is 65.6 Å². The van der Waals surface area contributed by atoms with E-state index < -0.39 is 97.8 Å². The summed E-state index contributed by atoms with van der Waals surface area (Å²) in [4.78, 5) is 73.5. The summed E-state index contributed by atoms with van der Waals surface area (Å²) in [5, 5.41) is 114. The summed E-state index contributed by atoms with van der Waals surface area (Å²) >= 11 is 0. The van der Waals surface area contributed by atoms with Crippen molar-refractivity contribution in [2.75, 3.05) is 0 Å². The van der Waals surface area contributed by atoms with Gasteiger partial charge in [0.2, 0.25) is 5.75 Å². The highest BCUT2D eigenvalue weighted by atomic mass is 16.5. The Labute approximate surface area is 514 Å². The SMILES string of the molecule is O=C(O)C1(CCCCCc2cc(O)cc(OC3CC3(CCCCCc3c(O)ccc(OC4CC4(CCCCCc4c(CCCCC5(C(=O)O)CC5)cc(O)c(O)c4O)C(=O)O)c3CCCCC3(C(=O)O)CC3)C(=O)O)c2CCCCC2(C(=O)O)CC2)CC1. The second-order valence-corrected chi connectivity index (χ2v) is 27.5. The van der Waals surface area contributed by atoms with Gasteiger partial charge in [-0.2, -0.15) is 0 Å². The number of rotatable bonds is 43. The molecule has 11 N–H and O–H groups in total. The maximum Gasteiger partial charge on any atom is 0.313 e. The van der Waals surface area contributed by atoms with Gasteiger partial charge in [-0.15, -0.1) is 0 Å². The number of benzene rings is 3. The van der Waals surface area contributed by atoms with Crippen LogP contribution in [0.2, 0.25) is 0 Å². The van der Waals surface area contributed by atoms with Crippen LogP contribution in [0.3, 0.4) is 0 Å². The standard InChI is InChI=1S/C69H92O19/c70-45-38-43(16-4-1-10-24-64(30-31-64)58(75)76)46(18-8-14-26-66(34-35-66)60(79)80)53(40-45)88-55-42-69(55,63(85)86)29-12-3-6-20-48-49(21-9-15-27-67(36-37-67)61(81)82)52(23-22-50(48)71)87-54-41-68(54,62(83)84)28-11-2-5-19-47-44(39-51(72)57(74)56(47)73)17-7-13-25-65(32-33-65)59(77)78/h22-23,38-40,54-55,70-74H,1-21,24-37,41-42H2,(H,75,76)(H,77,78)(H,79,80)(H,81,82)(H,83,84)(H,85,86). The van der Waals surface area contributed by atoms with Crippen LogP contribution in [-0.4, -0.2) is 104 Å². The zero-order valence-corrected chi connectivity index (χ0v) is 50.9. The quantitative estimate of drug-likeness (QED) is 0.0185. The van der Waals surface area contributed by atoms with Crippen LogP contribution in [0.4, 0.5) is 0 Å². The Morgan fingerprint density at radius 1 is 0.352 bits per heavy atom. The zero-order chi connectivity index (χ0) is 63.2. The third kappa shape index (κ3) is 15.0. The maximum absolute atomic E-state index is 13.1. The highest BCUT2D eigenvalue weighted by molar-refractivity contribution is 5.81. The van der Waals surface area contributed by atoms with Crippen LogP contribution in [0.5, 0.6) is 40.2 Å². The van der Waals surface area contributed by atoms with E-state index >= 15 is 0 Å². The van der Waals surface area contributed by atoms with Crippen molar-refractivity contribution >= 4 is 35.8 Å². The van der Waals surface area contributed by atoms with E-state index in [9.17, 15) is 84.9 Å². The molecular formula is C69H92O19. The molecule has 0 heterocycles. The molecule has 3 aromatic carbocycles. The lowest BCUT2D eigenvalue weighted by atomic mass is 9.92. The van der Waals surface area contributed by atoms with Crippen LogP contribution in [0, 0.1) is 32.5 Å². The Hall–Kier alpha value is -6.92. The topological polar surface area (TPSA) is 343 Å². The number of aromatic hydroxyl groups is 5. The number of carboxylic acids is 6. The Balaban J connectivity index is 0.805. The molecule has 0 radical (unpaired) electrons. The van der Waals surface area contributed by atoms with Crippen molar-refractivity contribution in [2.24, 2.45) is 32.5 Å². The van der Waals surface area contributed by atoms with Crippen molar-refractivity contribution in [3.8, 4) is 40.2 Å². The molecule has 4 atom stereocenters. The average Bonchev–Trinajstić information content (AvgIpc) is 1.80. The van der Waals surface area contributed by atoms with Crippen molar-refractivity contribution in [1.82, 2.24) is 0 Å². The Kier molecular flexibility index (Phi) is 20.1. The van der Waals surface area contributed by atoms with Crippen LogP contribution >= 0.6 is 0 Å². The van der Waals surface area contributed by atoms with Gasteiger partial charge in [0.25, 0.3) is 0 Å². The van der Waals surface area contributed by atoms with E-state index in [2.05, 4.69) is 0 Å². The van der Waals surface area contributed by atoms with Gasteiger partial charge in [-0.1, -0.05) is 57.8 Å². The van der Waals surface area contributed by atoms with Crippen LogP contribution < -0.4 is 9.47 Å². The highest BCUT2D eigenvalue weighted by Crippen LogP contribution is 2.57. The largest absolute Gasteiger partial charge is 0.508 e. The van der Waals surface area contributed by atoms with Gasteiger partial charge in [0.15, 0.2) is 11.5 Å². The summed E-state index contributed by atoms with van der Waals surface area (Å²) in [6.07, 6.45) is 19.8. The number of aliphatic carboxylic acids is 6. The molecule has 0 aromatic heterocycles. The minimum atomic E-state index is -1.17. The summed E-state index contributed by atoms with van der Waals surface area (Å²) in [6.45, 7) is 0. The average molecular weight is 1230 g/mol. The summed E-state index contributed by atoms with van der Waals surface area (Å²) in [5.74, 6) is -5.60. The van der Waals surface area contributed by atoms with Crippen molar-refractivity contribution < 1.29 is 94.4 Å². The Morgan fingerprint density at radius 3 is 1.16 bits per heavy atom. The molecule has 6 aliphatic rings. The first kappa shape index (κ1) is 65.5.